The van der Waals surface area contributed by atoms with E-state index in [9.17, 15) is 0 Å². The second-order valence-corrected chi connectivity index (χ2v) is 4.69. The van der Waals surface area contributed by atoms with Crippen molar-refractivity contribution in [2.75, 3.05) is 19.0 Å². The Balaban J connectivity index is 2.25. The first-order chi connectivity index (χ1) is 9.18. The van der Waals surface area contributed by atoms with Gasteiger partial charge in [0.25, 0.3) is 0 Å². The zero-order chi connectivity index (χ0) is 13.4. The molecular formula is C14H15N5. The van der Waals surface area contributed by atoms with Gasteiger partial charge in [-0.3, -0.25) is 4.98 Å². The van der Waals surface area contributed by atoms with Gasteiger partial charge in [-0.2, -0.15) is 0 Å². The van der Waals surface area contributed by atoms with Crippen LogP contribution < -0.4 is 4.90 Å². The smallest absolute Gasteiger partial charge is 0.113 e. The quantitative estimate of drug-likeness (QED) is 0.702. The SMILES string of the molecule is Cc1c(N(C)C)cncc1-n1nnc2ccccc21. The van der Waals surface area contributed by atoms with Gasteiger partial charge in [0.05, 0.1) is 29.3 Å². The van der Waals surface area contributed by atoms with Crippen LogP contribution in [0.1, 0.15) is 5.56 Å². The monoisotopic (exact) mass is 253 g/mol. The van der Waals surface area contributed by atoms with Crippen LogP contribution in [-0.4, -0.2) is 34.1 Å². The summed E-state index contributed by atoms with van der Waals surface area (Å²) in [5, 5.41) is 8.42. The summed E-state index contributed by atoms with van der Waals surface area (Å²) in [6.07, 6.45) is 3.68. The predicted molar refractivity (Wildman–Crippen MR) is 75.7 cm³/mol. The summed E-state index contributed by atoms with van der Waals surface area (Å²) < 4.78 is 1.84. The van der Waals surface area contributed by atoms with Crippen molar-refractivity contribution < 1.29 is 0 Å². The number of anilines is 1. The molecule has 2 aromatic heterocycles. The summed E-state index contributed by atoms with van der Waals surface area (Å²) in [6, 6.07) is 7.91. The van der Waals surface area contributed by atoms with Crippen LogP contribution in [-0.2, 0) is 0 Å². The van der Waals surface area contributed by atoms with Crippen molar-refractivity contribution in [3.05, 3.63) is 42.2 Å². The minimum atomic E-state index is 0.886. The van der Waals surface area contributed by atoms with Gasteiger partial charge < -0.3 is 4.90 Å². The topological polar surface area (TPSA) is 46.8 Å². The molecule has 0 aliphatic heterocycles. The van der Waals surface area contributed by atoms with Crippen molar-refractivity contribution >= 4 is 16.7 Å². The Labute approximate surface area is 111 Å². The number of benzene rings is 1. The number of fused-ring (bicyclic) bond motifs is 1. The Bertz CT molecular complexity index is 730. The molecule has 3 aromatic rings. The second-order valence-electron chi connectivity index (χ2n) is 4.69. The molecule has 0 bridgehead atoms. The summed E-state index contributed by atoms with van der Waals surface area (Å²) in [6.45, 7) is 2.07. The molecule has 5 nitrogen and oxygen atoms in total. The van der Waals surface area contributed by atoms with Gasteiger partial charge in [0, 0.05) is 19.7 Å². The molecule has 19 heavy (non-hydrogen) atoms. The number of para-hydroxylation sites is 1. The summed E-state index contributed by atoms with van der Waals surface area (Å²) in [5.74, 6) is 0. The van der Waals surface area contributed by atoms with E-state index in [1.165, 1.54) is 0 Å². The maximum absolute atomic E-state index is 4.30. The van der Waals surface area contributed by atoms with Crippen LogP contribution >= 0.6 is 0 Å². The van der Waals surface area contributed by atoms with Crippen LogP contribution in [0.15, 0.2) is 36.7 Å². The molecule has 96 valence electrons. The summed E-state index contributed by atoms with van der Waals surface area (Å²) in [7, 11) is 4.01. The zero-order valence-electron chi connectivity index (χ0n) is 11.2. The summed E-state index contributed by atoms with van der Waals surface area (Å²) in [4.78, 5) is 6.35. The van der Waals surface area contributed by atoms with Gasteiger partial charge in [0.2, 0.25) is 0 Å². The van der Waals surface area contributed by atoms with E-state index in [-0.39, 0.29) is 0 Å². The molecule has 2 heterocycles. The minimum absolute atomic E-state index is 0.886. The summed E-state index contributed by atoms with van der Waals surface area (Å²) >= 11 is 0. The van der Waals surface area contributed by atoms with Crippen LogP contribution in [0, 0.1) is 6.92 Å². The van der Waals surface area contributed by atoms with E-state index >= 15 is 0 Å². The third kappa shape index (κ3) is 1.83. The van der Waals surface area contributed by atoms with Crippen LogP contribution in [0.3, 0.4) is 0 Å². The molecule has 0 N–H and O–H groups in total. The van der Waals surface area contributed by atoms with Crippen LogP contribution in [0.2, 0.25) is 0 Å². The highest BCUT2D eigenvalue weighted by Gasteiger charge is 2.12. The van der Waals surface area contributed by atoms with Crippen molar-refractivity contribution in [3.8, 4) is 5.69 Å². The molecule has 0 saturated carbocycles. The maximum Gasteiger partial charge on any atom is 0.113 e. The largest absolute Gasteiger partial charge is 0.376 e. The molecule has 1 aromatic carbocycles. The molecule has 0 radical (unpaired) electrons. The number of hydrogen-bond donors (Lipinski definition) is 0. The maximum atomic E-state index is 4.30. The molecular weight excluding hydrogens is 238 g/mol. The van der Waals surface area contributed by atoms with Gasteiger partial charge in [-0.25, -0.2) is 4.68 Å². The predicted octanol–water partition coefficient (Wildman–Crippen LogP) is 2.19. The van der Waals surface area contributed by atoms with E-state index in [4.69, 9.17) is 0 Å². The lowest BCUT2D eigenvalue weighted by atomic mass is 10.2. The highest BCUT2D eigenvalue weighted by molar-refractivity contribution is 5.76. The number of hydrogen-bond acceptors (Lipinski definition) is 4. The molecule has 0 aliphatic rings. The first-order valence-corrected chi connectivity index (χ1v) is 6.11. The Kier molecular flexibility index (Phi) is 2.67. The van der Waals surface area contributed by atoms with E-state index in [0.29, 0.717) is 0 Å². The van der Waals surface area contributed by atoms with E-state index in [2.05, 4.69) is 22.2 Å². The number of pyridine rings is 1. The van der Waals surface area contributed by atoms with Crippen molar-refractivity contribution in [1.82, 2.24) is 20.0 Å². The Morgan fingerprint density at radius 1 is 1.11 bits per heavy atom. The van der Waals surface area contributed by atoms with Crippen molar-refractivity contribution in [2.45, 2.75) is 6.92 Å². The molecule has 0 spiro atoms. The molecule has 0 atom stereocenters. The molecule has 0 saturated heterocycles. The van der Waals surface area contributed by atoms with Crippen molar-refractivity contribution in [3.63, 3.8) is 0 Å². The Morgan fingerprint density at radius 2 is 1.89 bits per heavy atom. The van der Waals surface area contributed by atoms with E-state index < -0.39 is 0 Å². The molecule has 0 amide bonds. The lowest BCUT2D eigenvalue weighted by Gasteiger charge is -2.17. The fourth-order valence-corrected chi connectivity index (χ4v) is 2.21. The first-order valence-electron chi connectivity index (χ1n) is 6.11. The third-order valence-corrected chi connectivity index (χ3v) is 3.22. The van der Waals surface area contributed by atoms with Gasteiger partial charge in [-0.05, 0) is 19.1 Å². The van der Waals surface area contributed by atoms with Gasteiger partial charge in [0.1, 0.15) is 5.52 Å². The van der Waals surface area contributed by atoms with Gasteiger partial charge in [-0.1, -0.05) is 17.3 Å². The van der Waals surface area contributed by atoms with E-state index in [1.807, 2.05) is 60.3 Å². The average molecular weight is 253 g/mol. The van der Waals surface area contributed by atoms with Crippen LogP contribution in [0.25, 0.3) is 16.7 Å². The average Bonchev–Trinajstić information content (AvgIpc) is 2.82. The standard InChI is InChI=1S/C14H15N5/c1-10-13(18(2)3)8-15-9-14(10)19-12-7-5-4-6-11(12)16-17-19/h4-9H,1-3H3. The third-order valence-electron chi connectivity index (χ3n) is 3.22. The normalized spacial score (nSPS) is 10.9. The first kappa shape index (κ1) is 11.6. The van der Waals surface area contributed by atoms with Gasteiger partial charge >= 0.3 is 0 Å². The highest BCUT2D eigenvalue weighted by atomic mass is 15.4. The zero-order valence-corrected chi connectivity index (χ0v) is 11.2. The van der Waals surface area contributed by atoms with E-state index in [1.54, 1.807) is 0 Å². The lowest BCUT2D eigenvalue weighted by Crippen LogP contribution is -2.12. The fourth-order valence-electron chi connectivity index (χ4n) is 2.21. The number of rotatable bonds is 2. The molecule has 5 heteroatoms. The Morgan fingerprint density at radius 3 is 2.68 bits per heavy atom. The minimum Gasteiger partial charge on any atom is -0.376 e. The van der Waals surface area contributed by atoms with Crippen LogP contribution in [0.4, 0.5) is 5.69 Å². The number of aromatic nitrogens is 4. The van der Waals surface area contributed by atoms with E-state index in [0.717, 1.165) is 28.0 Å². The van der Waals surface area contributed by atoms with Crippen molar-refractivity contribution in [2.24, 2.45) is 0 Å². The van der Waals surface area contributed by atoms with Crippen LogP contribution in [0.5, 0.6) is 0 Å². The molecule has 3 rings (SSSR count). The summed E-state index contributed by atoms with van der Waals surface area (Å²) in [5.41, 5.74) is 5.05. The van der Waals surface area contributed by atoms with Gasteiger partial charge in [-0.15, -0.1) is 5.10 Å². The number of nitrogens with zero attached hydrogens (tertiary/aromatic N) is 5. The fraction of sp³-hybridized carbons (Fsp3) is 0.214. The highest BCUT2D eigenvalue weighted by Crippen LogP contribution is 2.24. The van der Waals surface area contributed by atoms with Gasteiger partial charge in [0.15, 0.2) is 0 Å². The molecule has 0 fully saturated rings. The molecule has 0 aliphatic carbocycles. The second kappa shape index (κ2) is 4.35. The van der Waals surface area contributed by atoms with Crippen molar-refractivity contribution in [1.29, 1.82) is 0 Å². The Hall–Kier alpha value is -2.43. The lowest BCUT2D eigenvalue weighted by molar-refractivity contribution is 0.813. The molecule has 0 unspecified atom stereocenters.